The van der Waals surface area contributed by atoms with Crippen LogP contribution < -0.4 is 0 Å². The molecule has 0 bridgehead atoms. The predicted octanol–water partition coefficient (Wildman–Crippen LogP) is 1.92. The van der Waals surface area contributed by atoms with E-state index in [0.29, 0.717) is 18.7 Å². The van der Waals surface area contributed by atoms with Crippen LogP contribution in [0.2, 0.25) is 0 Å². The maximum Gasteiger partial charge on any atom is 0.326 e. The summed E-state index contributed by atoms with van der Waals surface area (Å²) in [4.78, 5) is 24.3. The van der Waals surface area contributed by atoms with Crippen molar-refractivity contribution in [1.82, 2.24) is 4.90 Å². The number of amides is 1. The maximum absolute atomic E-state index is 11.9. The first-order valence-electron chi connectivity index (χ1n) is 5.37. The van der Waals surface area contributed by atoms with Gasteiger partial charge >= 0.3 is 5.97 Å². The molecule has 4 nitrogen and oxygen atoms in total. The molecule has 1 saturated heterocycles. The number of carboxylic acids is 1. The molecule has 0 spiro atoms. The number of thiophene rings is 1. The van der Waals surface area contributed by atoms with Gasteiger partial charge in [-0.15, -0.1) is 23.1 Å². The molecule has 2 rings (SSSR count). The fraction of sp³-hybridized carbons (Fsp3) is 0.455. The van der Waals surface area contributed by atoms with Crippen LogP contribution >= 0.6 is 23.1 Å². The Kier molecular flexibility index (Phi) is 4.06. The molecule has 2 heterocycles. The molecule has 17 heavy (non-hydrogen) atoms. The zero-order valence-corrected chi connectivity index (χ0v) is 10.8. The number of nitrogens with zero attached hydrogens (tertiary/aromatic N) is 1. The average Bonchev–Trinajstić information content (AvgIpc) is 2.96. The molecule has 1 amide bonds. The summed E-state index contributed by atoms with van der Waals surface area (Å²) in [5.41, 5.74) is 0. The van der Waals surface area contributed by atoms with E-state index in [1.165, 1.54) is 16.7 Å². The van der Waals surface area contributed by atoms with E-state index in [1.807, 2.05) is 17.5 Å². The van der Waals surface area contributed by atoms with Crippen molar-refractivity contribution in [2.75, 3.05) is 12.3 Å². The third kappa shape index (κ3) is 3.01. The summed E-state index contributed by atoms with van der Waals surface area (Å²) in [6.07, 6.45) is 1.36. The van der Waals surface area contributed by atoms with E-state index in [0.717, 1.165) is 10.6 Å². The topological polar surface area (TPSA) is 57.6 Å². The smallest absolute Gasteiger partial charge is 0.326 e. The van der Waals surface area contributed by atoms with Crippen LogP contribution in [0.4, 0.5) is 0 Å². The van der Waals surface area contributed by atoms with Crippen molar-refractivity contribution in [3.05, 3.63) is 17.5 Å². The fourth-order valence-corrected chi connectivity index (χ4v) is 3.55. The van der Waals surface area contributed by atoms with Crippen LogP contribution in [0.15, 0.2) is 21.7 Å². The summed E-state index contributed by atoms with van der Waals surface area (Å²) in [6.45, 7) is 0.570. The lowest BCUT2D eigenvalue weighted by atomic mass is 10.2. The van der Waals surface area contributed by atoms with Crippen LogP contribution in [-0.4, -0.2) is 40.2 Å². The van der Waals surface area contributed by atoms with E-state index >= 15 is 0 Å². The zero-order chi connectivity index (χ0) is 12.3. The fourth-order valence-electron chi connectivity index (χ4n) is 1.88. The van der Waals surface area contributed by atoms with Crippen molar-refractivity contribution in [3.63, 3.8) is 0 Å². The predicted molar refractivity (Wildman–Crippen MR) is 67.4 cm³/mol. The monoisotopic (exact) mass is 271 g/mol. The summed E-state index contributed by atoms with van der Waals surface area (Å²) in [5.74, 6) is -0.644. The van der Waals surface area contributed by atoms with Crippen molar-refractivity contribution in [3.8, 4) is 0 Å². The number of likely N-dealkylation sites (tertiary alicyclic amines) is 1. The Morgan fingerprint density at radius 1 is 1.59 bits per heavy atom. The highest BCUT2D eigenvalue weighted by molar-refractivity contribution is 8.01. The molecule has 0 aliphatic carbocycles. The second-order valence-electron chi connectivity index (χ2n) is 3.80. The third-order valence-electron chi connectivity index (χ3n) is 2.69. The Morgan fingerprint density at radius 2 is 2.41 bits per heavy atom. The highest BCUT2D eigenvalue weighted by Crippen LogP contribution is 2.25. The van der Waals surface area contributed by atoms with E-state index in [9.17, 15) is 9.59 Å². The molecule has 0 saturated carbocycles. The van der Waals surface area contributed by atoms with Crippen molar-refractivity contribution in [1.29, 1.82) is 0 Å². The molecule has 0 aromatic carbocycles. The number of hydrogen-bond donors (Lipinski definition) is 1. The van der Waals surface area contributed by atoms with Crippen molar-refractivity contribution >= 4 is 35.0 Å². The van der Waals surface area contributed by atoms with Crippen molar-refractivity contribution < 1.29 is 14.7 Å². The molecule has 1 fully saturated rings. The van der Waals surface area contributed by atoms with Crippen LogP contribution in [0.25, 0.3) is 0 Å². The van der Waals surface area contributed by atoms with E-state index in [4.69, 9.17) is 5.11 Å². The Morgan fingerprint density at radius 3 is 3.06 bits per heavy atom. The number of aliphatic carboxylic acids is 1. The van der Waals surface area contributed by atoms with Gasteiger partial charge in [0.2, 0.25) is 5.91 Å². The van der Waals surface area contributed by atoms with Crippen LogP contribution in [0, 0.1) is 0 Å². The molecule has 1 aliphatic rings. The molecule has 1 N–H and O–H groups in total. The minimum atomic E-state index is -0.892. The Hall–Kier alpha value is -1.01. The molecular weight excluding hydrogens is 258 g/mol. The van der Waals surface area contributed by atoms with Gasteiger partial charge in [0.1, 0.15) is 6.04 Å². The first kappa shape index (κ1) is 12.4. The summed E-state index contributed by atoms with van der Waals surface area (Å²) < 4.78 is 1.09. The van der Waals surface area contributed by atoms with Gasteiger partial charge in [0, 0.05) is 6.54 Å². The van der Waals surface area contributed by atoms with Crippen molar-refractivity contribution in [2.45, 2.75) is 23.1 Å². The largest absolute Gasteiger partial charge is 0.480 e. The van der Waals surface area contributed by atoms with Gasteiger partial charge in [-0.05, 0) is 24.3 Å². The van der Waals surface area contributed by atoms with Gasteiger partial charge in [-0.25, -0.2) is 4.79 Å². The van der Waals surface area contributed by atoms with Gasteiger partial charge in [-0.2, -0.15) is 0 Å². The zero-order valence-electron chi connectivity index (χ0n) is 9.17. The molecule has 1 aliphatic heterocycles. The molecule has 1 aromatic rings. The standard InChI is InChI=1S/C11H13NO3S2/c13-9(7-17-10-4-2-6-16-10)12-5-1-3-8(12)11(14)15/h2,4,6,8H,1,3,5,7H2,(H,14,15). The second-order valence-corrected chi connectivity index (χ2v) is 6.03. The first-order chi connectivity index (χ1) is 8.18. The lowest BCUT2D eigenvalue weighted by Gasteiger charge is -2.20. The lowest BCUT2D eigenvalue weighted by molar-refractivity contribution is -0.147. The van der Waals surface area contributed by atoms with E-state index < -0.39 is 12.0 Å². The second kappa shape index (κ2) is 5.55. The molecular formula is C11H13NO3S2. The number of rotatable bonds is 4. The van der Waals surface area contributed by atoms with Gasteiger partial charge in [-0.1, -0.05) is 6.07 Å². The minimum absolute atomic E-state index is 0.0756. The SMILES string of the molecule is O=C(O)C1CCCN1C(=O)CSc1cccs1. The van der Waals surface area contributed by atoms with Gasteiger partial charge in [0.05, 0.1) is 9.96 Å². The summed E-state index contributed by atoms with van der Waals surface area (Å²) in [6, 6.07) is 3.28. The maximum atomic E-state index is 11.9. The Labute approximate surface area is 108 Å². The van der Waals surface area contributed by atoms with Gasteiger partial charge < -0.3 is 10.0 Å². The van der Waals surface area contributed by atoms with Gasteiger partial charge in [0.25, 0.3) is 0 Å². The molecule has 1 atom stereocenters. The molecule has 1 aromatic heterocycles. The van der Waals surface area contributed by atoms with Crippen LogP contribution in [0.5, 0.6) is 0 Å². The van der Waals surface area contributed by atoms with Gasteiger partial charge in [0.15, 0.2) is 0 Å². The highest BCUT2D eigenvalue weighted by Gasteiger charge is 2.33. The third-order valence-corrected chi connectivity index (χ3v) is 4.81. The molecule has 1 unspecified atom stereocenters. The minimum Gasteiger partial charge on any atom is -0.480 e. The highest BCUT2D eigenvalue weighted by atomic mass is 32.2. The van der Waals surface area contributed by atoms with Gasteiger partial charge in [-0.3, -0.25) is 4.79 Å². The van der Waals surface area contributed by atoms with Crippen LogP contribution in [-0.2, 0) is 9.59 Å². The van der Waals surface area contributed by atoms with Crippen molar-refractivity contribution in [2.24, 2.45) is 0 Å². The van der Waals surface area contributed by atoms with Crippen LogP contribution in [0.1, 0.15) is 12.8 Å². The Bertz CT molecular complexity index is 405. The van der Waals surface area contributed by atoms with Crippen LogP contribution in [0.3, 0.4) is 0 Å². The summed E-state index contributed by atoms with van der Waals surface area (Å²) in [7, 11) is 0. The number of carboxylic acid groups (broad SMARTS) is 1. The Balaban J connectivity index is 1.89. The number of carbonyl (C=O) groups excluding carboxylic acids is 1. The number of hydrogen-bond acceptors (Lipinski definition) is 4. The number of carbonyl (C=O) groups is 2. The molecule has 6 heteroatoms. The molecule has 0 radical (unpaired) electrons. The lowest BCUT2D eigenvalue weighted by Crippen LogP contribution is -2.41. The average molecular weight is 271 g/mol. The van der Waals surface area contributed by atoms with E-state index in [2.05, 4.69) is 0 Å². The normalized spacial score (nSPS) is 19.5. The van der Waals surface area contributed by atoms with E-state index in [-0.39, 0.29) is 5.91 Å². The first-order valence-corrected chi connectivity index (χ1v) is 7.23. The summed E-state index contributed by atoms with van der Waals surface area (Å²) in [5, 5.41) is 10.9. The summed E-state index contributed by atoms with van der Waals surface area (Å²) >= 11 is 3.06. The van der Waals surface area contributed by atoms with E-state index in [1.54, 1.807) is 11.3 Å². The molecule has 92 valence electrons. The quantitative estimate of drug-likeness (QED) is 0.850. The number of thioether (sulfide) groups is 1.